The SMILES string of the molecule is CN(C(=O)OC(C)(C)C)[C@H](C(=O)Oc1c(F)c(F)c(F)c(F)c1F)[C@@H](O[Si](C)(C)C(C)(C)C)c1ccc(I)cc1. The summed E-state index contributed by atoms with van der Waals surface area (Å²) in [5.41, 5.74) is -0.597. The van der Waals surface area contributed by atoms with Gasteiger partial charge in [-0.25, -0.2) is 22.8 Å². The molecule has 0 radical (unpaired) electrons. The Morgan fingerprint density at radius 1 is 0.850 bits per heavy atom. The Bertz CT molecular complexity index is 1230. The Morgan fingerprint density at radius 2 is 1.30 bits per heavy atom. The highest BCUT2D eigenvalue weighted by molar-refractivity contribution is 14.1. The Kier molecular flexibility index (Phi) is 10.4. The van der Waals surface area contributed by atoms with Crippen molar-refractivity contribution in [3.05, 3.63) is 62.5 Å². The number of likely N-dealkylation sites (N-methyl/N-ethyl adjacent to an activating group) is 1. The van der Waals surface area contributed by atoms with Crippen LogP contribution >= 0.6 is 22.6 Å². The van der Waals surface area contributed by atoms with Gasteiger partial charge in [-0.15, -0.1) is 0 Å². The molecule has 0 heterocycles. The predicted molar refractivity (Wildman–Crippen MR) is 150 cm³/mol. The van der Waals surface area contributed by atoms with Gasteiger partial charge >= 0.3 is 12.1 Å². The molecule has 2 aromatic carbocycles. The molecule has 1 amide bonds. The molecule has 0 aliphatic carbocycles. The van der Waals surface area contributed by atoms with Crippen molar-refractivity contribution in [3.8, 4) is 5.75 Å². The monoisotopic (exact) mass is 701 g/mol. The third kappa shape index (κ3) is 7.72. The molecule has 0 aromatic heterocycles. The van der Waals surface area contributed by atoms with Crippen molar-refractivity contribution in [2.75, 3.05) is 7.05 Å². The molecule has 0 saturated heterocycles. The number of hydrogen-bond acceptors (Lipinski definition) is 5. The molecule has 0 bridgehead atoms. The fourth-order valence-corrected chi connectivity index (χ4v) is 4.84. The van der Waals surface area contributed by atoms with Crippen LogP contribution < -0.4 is 4.74 Å². The summed E-state index contributed by atoms with van der Waals surface area (Å²) < 4.78 is 88.0. The smallest absolute Gasteiger partial charge is 0.410 e. The molecule has 0 saturated carbocycles. The van der Waals surface area contributed by atoms with Crippen LogP contribution in [0.5, 0.6) is 5.75 Å². The molecule has 0 aliphatic heterocycles. The molecular weight excluding hydrogens is 668 g/mol. The third-order valence-electron chi connectivity index (χ3n) is 6.43. The van der Waals surface area contributed by atoms with Crippen LogP contribution in [0.2, 0.25) is 18.1 Å². The van der Waals surface area contributed by atoms with Gasteiger partial charge in [0.15, 0.2) is 14.4 Å². The first kappa shape index (κ1) is 33.9. The number of amides is 1. The second-order valence-electron chi connectivity index (χ2n) is 11.7. The lowest BCUT2D eigenvalue weighted by Gasteiger charge is -2.42. The van der Waals surface area contributed by atoms with Gasteiger partial charge in [-0.1, -0.05) is 32.9 Å². The summed E-state index contributed by atoms with van der Waals surface area (Å²) in [5, 5.41) is -0.394. The molecule has 0 N–H and O–H groups in total. The standard InChI is InChI=1S/C27H33F5INO5Si/c1-26(2,3)38-25(36)34(7)21(24(35)37-23-19(31)17(29)16(28)18(30)20(23)32)22(14-10-12-15(33)13-11-14)39-40(8,9)27(4,5)6/h10-13,21-22H,1-9H3/t21-,22-/m0/s1. The number of carbonyl (C=O) groups excluding carboxylic acids is 2. The van der Waals surface area contributed by atoms with Crippen LogP contribution in [0, 0.1) is 32.7 Å². The highest BCUT2D eigenvalue weighted by Crippen LogP contribution is 2.42. The molecule has 222 valence electrons. The Balaban J connectivity index is 2.76. The Labute approximate surface area is 245 Å². The summed E-state index contributed by atoms with van der Waals surface area (Å²) in [6.07, 6.45) is -2.29. The maximum Gasteiger partial charge on any atom is 0.410 e. The van der Waals surface area contributed by atoms with Gasteiger partial charge in [0, 0.05) is 10.6 Å². The van der Waals surface area contributed by atoms with E-state index < -0.39 is 78.0 Å². The van der Waals surface area contributed by atoms with Crippen molar-refractivity contribution in [1.29, 1.82) is 0 Å². The van der Waals surface area contributed by atoms with Crippen molar-refractivity contribution < 1.29 is 45.4 Å². The summed E-state index contributed by atoms with van der Waals surface area (Å²) in [7, 11) is -1.56. The van der Waals surface area contributed by atoms with Gasteiger partial charge in [-0.3, -0.25) is 4.90 Å². The van der Waals surface area contributed by atoms with E-state index in [1.165, 1.54) is 7.05 Å². The maximum atomic E-state index is 14.5. The van der Waals surface area contributed by atoms with Crippen LogP contribution in [0.4, 0.5) is 26.7 Å². The quantitative estimate of drug-likeness (QED) is 0.0559. The number of benzene rings is 2. The van der Waals surface area contributed by atoms with Crippen LogP contribution in [-0.2, 0) is 14.0 Å². The molecule has 40 heavy (non-hydrogen) atoms. The van der Waals surface area contributed by atoms with Crippen LogP contribution in [0.25, 0.3) is 0 Å². The minimum Gasteiger partial charge on any atom is -0.444 e. The summed E-state index contributed by atoms with van der Waals surface area (Å²) in [6, 6.07) is 4.96. The largest absolute Gasteiger partial charge is 0.444 e. The third-order valence-corrected chi connectivity index (χ3v) is 11.6. The molecule has 0 unspecified atom stereocenters. The summed E-state index contributed by atoms with van der Waals surface area (Å²) in [4.78, 5) is 27.6. The van der Waals surface area contributed by atoms with Crippen LogP contribution in [-0.4, -0.2) is 44.0 Å². The lowest BCUT2D eigenvalue weighted by atomic mass is 10.0. The molecule has 0 fully saturated rings. The molecule has 2 rings (SSSR count). The van der Waals surface area contributed by atoms with E-state index >= 15 is 0 Å². The first-order valence-electron chi connectivity index (χ1n) is 12.2. The van der Waals surface area contributed by atoms with E-state index in [2.05, 4.69) is 22.6 Å². The van der Waals surface area contributed by atoms with Crippen molar-refractivity contribution in [3.63, 3.8) is 0 Å². The zero-order valence-corrected chi connectivity index (χ0v) is 26.9. The number of rotatable bonds is 7. The highest BCUT2D eigenvalue weighted by atomic mass is 127. The van der Waals surface area contributed by atoms with Crippen LogP contribution in [0.15, 0.2) is 24.3 Å². The fraction of sp³-hybridized carbons (Fsp3) is 0.481. The Morgan fingerprint density at radius 3 is 1.73 bits per heavy atom. The predicted octanol–water partition coefficient (Wildman–Crippen LogP) is 7.89. The summed E-state index contributed by atoms with van der Waals surface area (Å²) in [5.74, 6) is -14.9. The van der Waals surface area contributed by atoms with E-state index in [0.29, 0.717) is 5.56 Å². The van der Waals surface area contributed by atoms with Gasteiger partial charge in [-0.05, 0) is 79.2 Å². The number of nitrogens with zero attached hydrogens (tertiary/aromatic N) is 1. The highest BCUT2D eigenvalue weighted by Gasteiger charge is 2.46. The lowest BCUT2D eigenvalue weighted by molar-refractivity contribution is -0.144. The van der Waals surface area contributed by atoms with Crippen molar-refractivity contribution >= 4 is 43.0 Å². The average molecular weight is 702 g/mol. The number of halogens is 6. The molecule has 13 heteroatoms. The topological polar surface area (TPSA) is 65.1 Å². The van der Waals surface area contributed by atoms with E-state index in [-0.39, 0.29) is 0 Å². The van der Waals surface area contributed by atoms with Crippen LogP contribution in [0.3, 0.4) is 0 Å². The van der Waals surface area contributed by atoms with Gasteiger partial charge in [0.2, 0.25) is 34.8 Å². The summed E-state index contributed by atoms with van der Waals surface area (Å²) in [6.45, 7) is 14.3. The minimum atomic E-state index is -2.75. The molecular formula is C27H33F5INO5Si. The van der Waals surface area contributed by atoms with Crippen molar-refractivity contribution in [1.82, 2.24) is 4.90 Å². The first-order valence-corrected chi connectivity index (χ1v) is 16.2. The van der Waals surface area contributed by atoms with Gasteiger partial charge in [0.1, 0.15) is 11.7 Å². The number of esters is 1. The molecule has 2 aromatic rings. The fourth-order valence-electron chi connectivity index (χ4n) is 3.23. The van der Waals surface area contributed by atoms with Gasteiger partial charge < -0.3 is 13.9 Å². The minimum absolute atomic E-state index is 0.394. The number of carbonyl (C=O) groups is 2. The van der Waals surface area contributed by atoms with Crippen LogP contribution in [0.1, 0.15) is 53.2 Å². The van der Waals surface area contributed by atoms with Gasteiger partial charge in [0.05, 0.1) is 0 Å². The van der Waals surface area contributed by atoms with E-state index in [1.807, 2.05) is 33.9 Å². The normalized spacial score (nSPS) is 14.0. The Hall–Kier alpha value is -2.26. The van der Waals surface area contributed by atoms with E-state index in [1.54, 1.807) is 45.0 Å². The molecule has 2 atom stereocenters. The van der Waals surface area contributed by atoms with E-state index in [0.717, 1.165) is 8.47 Å². The second kappa shape index (κ2) is 12.3. The maximum absolute atomic E-state index is 14.5. The summed E-state index contributed by atoms with van der Waals surface area (Å²) >= 11 is 2.07. The first-order chi connectivity index (χ1) is 18.1. The zero-order chi connectivity index (χ0) is 31.0. The number of ether oxygens (including phenoxy) is 2. The van der Waals surface area contributed by atoms with Gasteiger partial charge in [-0.2, -0.15) is 8.78 Å². The van der Waals surface area contributed by atoms with Crippen molar-refractivity contribution in [2.45, 2.75) is 77.4 Å². The van der Waals surface area contributed by atoms with E-state index in [9.17, 15) is 31.5 Å². The lowest BCUT2D eigenvalue weighted by Crippen LogP contribution is -2.53. The average Bonchev–Trinajstić information content (AvgIpc) is 2.82. The molecule has 6 nitrogen and oxygen atoms in total. The zero-order valence-electron chi connectivity index (χ0n) is 23.7. The molecule has 0 spiro atoms. The van der Waals surface area contributed by atoms with Gasteiger partial charge in [0.25, 0.3) is 0 Å². The number of hydrogen-bond donors (Lipinski definition) is 0. The molecule has 0 aliphatic rings. The van der Waals surface area contributed by atoms with Crippen molar-refractivity contribution in [2.24, 2.45) is 0 Å². The van der Waals surface area contributed by atoms with E-state index in [4.69, 9.17) is 13.9 Å². The second-order valence-corrected chi connectivity index (χ2v) is 17.7.